The number of anilines is 1. The largest absolute Gasteiger partial charge is 0.336 e. The van der Waals surface area contributed by atoms with Crippen LogP contribution in [0.3, 0.4) is 0 Å². The lowest BCUT2D eigenvalue weighted by Gasteiger charge is -2.22. The lowest BCUT2D eigenvalue weighted by Crippen LogP contribution is -2.34. The molecule has 2 amide bonds. The van der Waals surface area contributed by atoms with Gasteiger partial charge in [-0.05, 0) is 24.8 Å². The van der Waals surface area contributed by atoms with Gasteiger partial charge in [-0.2, -0.15) is 5.10 Å². The molecule has 2 heterocycles. The Morgan fingerprint density at radius 3 is 2.73 bits per heavy atom. The summed E-state index contributed by atoms with van der Waals surface area (Å²) in [7, 11) is 1.70. The van der Waals surface area contributed by atoms with E-state index in [0.29, 0.717) is 24.5 Å². The van der Waals surface area contributed by atoms with E-state index in [9.17, 15) is 9.59 Å². The van der Waals surface area contributed by atoms with Gasteiger partial charge in [0.25, 0.3) is 5.24 Å². The van der Waals surface area contributed by atoms with Crippen molar-refractivity contribution in [3.63, 3.8) is 0 Å². The Kier molecular flexibility index (Phi) is 7.47. The van der Waals surface area contributed by atoms with Gasteiger partial charge in [0.2, 0.25) is 5.91 Å². The van der Waals surface area contributed by atoms with E-state index in [1.807, 2.05) is 19.9 Å². The molecule has 0 saturated carbocycles. The van der Waals surface area contributed by atoms with Gasteiger partial charge in [-0.3, -0.25) is 14.6 Å². The van der Waals surface area contributed by atoms with E-state index in [0.717, 1.165) is 5.69 Å². The van der Waals surface area contributed by atoms with Gasteiger partial charge >= 0.3 is 0 Å². The third-order valence-electron chi connectivity index (χ3n) is 3.71. The van der Waals surface area contributed by atoms with E-state index >= 15 is 0 Å². The molecule has 0 aromatic carbocycles. The number of carbonyl (C=O) groups is 2. The fourth-order valence-electron chi connectivity index (χ4n) is 2.35. The SMILES string of the molecule is CCSC(=O)N(C)CCC(=O)N(CC)c1cn(-c2cccnc2)nc1Cl. The molecule has 2 aromatic rings. The first-order chi connectivity index (χ1) is 12.5. The number of hydrogen-bond donors (Lipinski definition) is 0. The zero-order chi connectivity index (χ0) is 19.1. The maximum absolute atomic E-state index is 12.6. The number of thioether (sulfide) groups is 1. The predicted molar refractivity (Wildman–Crippen MR) is 105 cm³/mol. The second-order valence-electron chi connectivity index (χ2n) is 5.47. The van der Waals surface area contributed by atoms with Gasteiger partial charge in [0.1, 0.15) is 5.69 Å². The van der Waals surface area contributed by atoms with Crippen LogP contribution < -0.4 is 4.90 Å². The Labute approximate surface area is 162 Å². The van der Waals surface area contributed by atoms with Gasteiger partial charge in [-0.15, -0.1) is 0 Å². The van der Waals surface area contributed by atoms with E-state index in [1.54, 1.807) is 46.2 Å². The molecule has 2 aromatic heterocycles. The van der Waals surface area contributed by atoms with Crippen molar-refractivity contribution in [3.05, 3.63) is 35.9 Å². The number of nitrogens with zero attached hydrogens (tertiary/aromatic N) is 5. The summed E-state index contributed by atoms with van der Waals surface area (Å²) in [5, 5.41) is 4.47. The van der Waals surface area contributed by atoms with Crippen LogP contribution in [0.25, 0.3) is 5.69 Å². The van der Waals surface area contributed by atoms with Crippen molar-refractivity contribution in [2.75, 3.05) is 30.8 Å². The first kappa shape index (κ1) is 20.3. The molecule has 2 rings (SSSR count). The topological polar surface area (TPSA) is 71.3 Å². The van der Waals surface area contributed by atoms with Crippen LogP contribution in [0, 0.1) is 0 Å². The number of pyridine rings is 1. The maximum Gasteiger partial charge on any atom is 0.281 e. The van der Waals surface area contributed by atoms with Crippen molar-refractivity contribution in [2.45, 2.75) is 20.3 Å². The summed E-state index contributed by atoms with van der Waals surface area (Å²) in [6, 6.07) is 3.65. The average Bonchev–Trinajstić information content (AvgIpc) is 3.03. The summed E-state index contributed by atoms with van der Waals surface area (Å²) in [6.45, 7) is 4.61. The summed E-state index contributed by atoms with van der Waals surface area (Å²) < 4.78 is 1.59. The monoisotopic (exact) mass is 395 g/mol. The summed E-state index contributed by atoms with van der Waals surface area (Å²) in [6.07, 6.45) is 5.26. The van der Waals surface area contributed by atoms with E-state index in [-0.39, 0.29) is 22.7 Å². The van der Waals surface area contributed by atoms with Gasteiger partial charge in [-0.1, -0.05) is 30.3 Å². The fraction of sp³-hybridized carbons (Fsp3) is 0.412. The molecule has 140 valence electrons. The highest BCUT2D eigenvalue weighted by atomic mass is 35.5. The molecule has 0 aliphatic rings. The van der Waals surface area contributed by atoms with Crippen LogP contribution in [-0.4, -0.2) is 56.7 Å². The van der Waals surface area contributed by atoms with E-state index in [2.05, 4.69) is 10.1 Å². The number of halogens is 1. The Morgan fingerprint density at radius 2 is 2.12 bits per heavy atom. The summed E-state index contributed by atoms with van der Waals surface area (Å²) >= 11 is 7.48. The zero-order valence-corrected chi connectivity index (χ0v) is 16.6. The summed E-state index contributed by atoms with van der Waals surface area (Å²) in [5.74, 6) is 0.600. The van der Waals surface area contributed by atoms with Gasteiger partial charge < -0.3 is 9.80 Å². The molecular formula is C17H22ClN5O2S. The van der Waals surface area contributed by atoms with E-state index in [1.165, 1.54) is 11.8 Å². The minimum atomic E-state index is -0.110. The summed E-state index contributed by atoms with van der Waals surface area (Å²) in [4.78, 5) is 31.6. The average molecular weight is 396 g/mol. The molecule has 0 saturated heterocycles. The lowest BCUT2D eigenvalue weighted by atomic mass is 10.3. The molecule has 0 aliphatic carbocycles. The first-order valence-electron chi connectivity index (χ1n) is 8.31. The second kappa shape index (κ2) is 9.59. The Morgan fingerprint density at radius 1 is 1.35 bits per heavy atom. The number of aromatic nitrogens is 3. The molecule has 26 heavy (non-hydrogen) atoms. The number of carbonyl (C=O) groups excluding carboxylic acids is 2. The van der Waals surface area contributed by atoms with E-state index in [4.69, 9.17) is 11.6 Å². The predicted octanol–water partition coefficient (Wildman–Crippen LogP) is 3.47. The van der Waals surface area contributed by atoms with Crippen molar-refractivity contribution < 1.29 is 9.59 Å². The van der Waals surface area contributed by atoms with Crippen LogP contribution in [0.5, 0.6) is 0 Å². The molecule has 0 unspecified atom stereocenters. The number of amides is 2. The first-order valence-corrected chi connectivity index (χ1v) is 9.68. The van der Waals surface area contributed by atoms with Gasteiger partial charge in [0.05, 0.1) is 18.1 Å². The Balaban J connectivity index is 2.09. The van der Waals surface area contributed by atoms with Crippen molar-refractivity contribution >= 4 is 40.2 Å². The normalized spacial score (nSPS) is 10.6. The van der Waals surface area contributed by atoms with Crippen molar-refractivity contribution in [1.82, 2.24) is 19.7 Å². The van der Waals surface area contributed by atoms with E-state index < -0.39 is 0 Å². The highest BCUT2D eigenvalue weighted by molar-refractivity contribution is 8.13. The standard InChI is InChI=1S/C17H22ClN5O2S/c1-4-22(15(24)8-10-21(3)17(25)26-5-2)14-12-23(20-16(14)18)13-7-6-9-19-11-13/h6-7,9,11-12H,4-5,8,10H2,1-3H3. The van der Waals surface area contributed by atoms with Crippen LogP contribution in [-0.2, 0) is 4.79 Å². The summed E-state index contributed by atoms with van der Waals surface area (Å²) in [5.41, 5.74) is 1.30. The van der Waals surface area contributed by atoms with Crippen LogP contribution in [0.2, 0.25) is 5.15 Å². The van der Waals surface area contributed by atoms with Gasteiger partial charge in [-0.25, -0.2) is 4.68 Å². The zero-order valence-electron chi connectivity index (χ0n) is 15.1. The van der Waals surface area contributed by atoms with Crippen molar-refractivity contribution in [2.24, 2.45) is 0 Å². The van der Waals surface area contributed by atoms with Crippen LogP contribution in [0.1, 0.15) is 20.3 Å². The van der Waals surface area contributed by atoms with Gasteiger partial charge in [0, 0.05) is 32.8 Å². The minimum absolute atomic E-state index is 0.0363. The molecule has 0 N–H and O–H groups in total. The molecule has 0 aliphatic heterocycles. The van der Waals surface area contributed by atoms with Crippen molar-refractivity contribution in [3.8, 4) is 5.69 Å². The number of hydrogen-bond acceptors (Lipinski definition) is 5. The van der Waals surface area contributed by atoms with Crippen LogP contribution >= 0.6 is 23.4 Å². The smallest absolute Gasteiger partial charge is 0.281 e. The minimum Gasteiger partial charge on any atom is -0.336 e. The molecule has 0 spiro atoms. The molecular weight excluding hydrogens is 374 g/mol. The Bertz CT molecular complexity index is 753. The molecule has 0 radical (unpaired) electrons. The fourth-order valence-corrected chi connectivity index (χ4v) is 3.14. The third-order valence-corrected chi connectivity index (χ3v) is 4.83. The quantitative estimate of drug-likeness (QED) is 0.717. The van der Waals surface area contributed by atoms with Crippen LogP contribution in [0.15, 0.2) is 30.7 Å². The second-order valence-corrected chi connectivity index (χ2v) is 7.04. The molecule has 0 atom stereocenters. The molecule has 0 bridgehead atoms. The van der Waals surface area contributed by atoms with Gasteiger partial charge in [0.15, 0.2) is 5.15 Å². The third kappa shape index (κ3) is 4.98. The molecule has 0 fully saturated rings. The number of rotatable bonds is 7. The van der Waals surface area contributed by atoms with Crippen molar-refractivity contribution in [1.29, 1.82) is 0 Å². The highest BCUT2D eigenvalue weighted by Gasteiger charge is 2.21. The van der Waals surface area contributed by atoms with Crippen LogP contribution in [0.4, 0.5) is 10.5 Å². The molecule has 7 nitrogen and oxygen atoms in total. The highest BCUT2D eigenvalue weighted by Crippen LogP contribution is 2.26. The lowest BCUT2D eigenvalue weighted by molar-refractivity contribution is -0.118. The Hall–Kier alpha value is -2.06. The molecule has 9 heteroatoms. The maximum atomic E-state index is 12.6.